The topological polar surface area (TPSA) is 57.6 Å². The smallest absolute Gasteiger partial charge is 0.244 e. The Labute approximate surface area is 110 Å². The summed E-state index contributed by atoms with van der Waals surface area (Å²) in [7, 11) is -2.13. The van der Waals surface area contributed by atoms with Crippen LogP contribution < -0.4 is 0 Å². The molecular weight excluding hydrogens is 306 g/mol. The van der Waals surface area contributed by atoms with E-state index in [1.54, 1.807) is 32.0 Å². The standard InChI is InChI=1S/C11H16BrNO3S/c1-11(2,14)8-13(3)17(15,16)10-7-5-4-6-9(10)12/h4-7,14H,8H2,1-3H3. The number of sulfonamides is 1. The van der Waals surface area contributed by atoms with Gasteiger partial charge in [-0.15, -0.1) is 0 Å². The lowest BCUT2D eigenvalue weighted by Crippen LogP contribution is -2.39. The molecule has 1 aromatic rings. The number of likely N-dealkylation sites (N-methyl/N-ethyl adjacent to an activating group) is 1. The molecular formula is C11H16BrNO3S. The molecule has 6 heteroatoms. The van der Waals surface area contributed by atoms with Crippen molar-refractivity contribution in [3.05, 3.63) is 28.7 Å². The average Bonchev–Trinajstić information content (AvgIpc) is 2.15. The van der Waals surface area contributed by atoms with Crippen LogP contribution in [0.1, 0.15) is 13.8 Å². The summed E-state index contributed by atoms with van der Waals surface area (Å²) in [5.41, 5.74) is -1.07. The van der Waals surface area contributed by atoms with E-state index in [4.69, 9.17) is 0 Å². The van der Waals surface area contributed by atoms with Gasteiger partial charge in [0.2, 0.25) is 10.0 Å². The molecule has 96 valence electrons. The number of nitrogens with zero attached hydrogens (tertiary/aromatic N) is 1. The number of halogens is 1. The average molecular weight is 322 g/mol. The van der Waals surface area contributed by atoms with Crippen molar-refractivity contribution in [2.75, 3.05) is 13.6 Å². The minimum absolute atomic E-state index is 0.0384. The van der Waals surface area contributed by atoms with Gasteiger partial charge in [0.1, 0.15) is 0 Å². The molecule has 0 aliphatic carbocycles. The maximum absolute atomic E-state index is 12.2. The van der Waals surface area contributed by atoms with Crippen molar-refractivity contribution < 1.29 is 13.5 Å². The molecule has 0 radical (unpaired) electrons. The second-order valence-electron chi connectivity index (χ2n) is 4.50. The van der Waals surface area contributed by atoms with E-state index in [1.807, 2.05) is 0 Å². The first-order valence-electron chi connectivity index (χ1n) is 5.08. The Morgan fingerprint density at radius 2 is 1.88 bits per heavy atom. The second-order valence-corrected chi connectivity index (χ2v) is 7.37. The molecule has 0 spiro atoms. The van der Waals surface area contributed by atoms with E-state index in [0.29, 0.717) is 4.47 Å². The van der Waals surface area contributed by atoms with Crippen LogP contribution in [-0.2, 0) is 10.0 Å². The van der Waals surface area contributed by atoms with E-state index >= 15 is 0 Å². The molecule has 0 aromatic heterocycles. The van der Waals surface area contributed by atoms with Crippen molar-refractivity contribution >= 4 is 26.0 Å². The van der Waals surface area contributed by atoms with Crippen molar-refractivity contribution in [2.24, 2.45) is 0 Å². The highest BCUT2D eigenvalue weighted by Crippen LogP contribution is 2.24. The van der Waals surface area contributed by atoms with Gasteiger partial charge in [0.15, 0.2) is 0 Å². The van der Waals surface area contributed by atoms with E-state index in [-0.39, 0.29) is 11.4 Å². The lowest BCUT2D eigenvalue weighted by Gasteiger charge is -2.25. The van der Waals surface area contributed by atoms with Gasteiger partial charge in [-0.05, 0) is 41.9 Å². The summed E-state index contributed by atoms with van der Waals surface area (Å²) in [4.78, 5) is 0.201. The third-order valence-corrected chi connectivity index (χ3v) is 4.95. The zero-order valence-corrected chi connectivity index (χ0v) is 12.4. The molecule has 0 saturated carbocycles. The number of hydrogen-bond donors (Lipinski definition) is 1. The Morgan fingerprint density at radius 3 is 2.35 bits per heavy atom. The highest BCUT2D eigenvalue weighted by atomic mass is 79.9. The van der Waals surface area contributed by atoms with Crippen molar-refractivity contribution in [1.82, 2.24) is 4.31 Å². The Balaban J connectivity index is 3.09. The summed E-state index contributed by atoms with van der Waals surface area (Å²) in [6.07, 6.45) is 0. The van der Waals surface area contributed by atoms with E-state index in [2.05, 4.69) is 15.9 Å². The maximum atomic E-state index is 12.2. The molecule has 0 saturated heterocycles. The van der Waals surface area contributed by atoms with Gasteiger partial charge in [-0.2, -0.15) is 4.31 Å². The van der Waals surface area contributed by atoms with E-state index < -0.39 is 15.6 Å². The normalized spacial score (nSPS) is 13.1. The number of rotatable bonds is 4. The number of hydrogen-bond acceptors (Lipinski definition) is 3. The molecule has 0 fully saturated rings. The number of benzene rings is 1. The van der Waals surface area contributed by atoms with Gasteiger partial charge in [-0.25, -0.2) is 8.42 Å². The predicted octanol–water partition coefficient (Wildman–Crippen LogP) is 1.84. The number of aliphatic hydroxyl groups is 1. The summed E-state index contributed by atoms with van der Waals surface area (Å²) >= 11 is 3.21. The molecule has 0 aliphatic rings. The van der Waals surface area contributed by atoms with Gasteiger partial charge in [-0.1, -0.05) is 12.1 Å². The van der Waals surface area contributed by atoms with Crippen molar-refractivity contribution in [1.29, 1.82) is 0 Å². The molecule has 1 rings (SSSR count). The van der Waals surface area contributed by atoms with E-state index in [9.17, 15) is 13.5 Å². The van der Waals surface area contributed by atoms with Gasteiger partial charge >= 0.3 is 0 Å². The largest absolute Gasteiger partial charge is 0.389 e. The van der Waals surface area contributed by atoms with Gasteiger partial charge in [-0.3, -0.25) is 0 Å². The first-order chi connectivity index (χ1) is 7.64. The summed E-state index contributed by atoms with van der Waals surface area (Å²) in [6.45, 7) is 3.18. The van der Waals surface area contributed by atoms with Crippen molar-refractivity contribution in [2.45, 2.75) is 24.3 Å². The molecule has 0 unspecified atom stereocenters. The van der Waals surface area contributed by atoms with Crippen LogP contribution in [0.2, 0.25) is 0 Å². The molecule has 1 aromatic carbocycles. The summed E-state index contributed by atoms with van der Waals surface area (Å²) in [5.74, 6) is 0. The van der Waals surface area contributed by atoms with Crippen LogP contribution in [0, 0.1) is 0 Å². The molecule has 0 aliphatic heterocycles. The van der Waals surface area contributed by atoms with E-state index in [1.165, 1.54) is 13.1 Å². The Hall–Kier alpha value is -0.430. The van der Waals surface area contributed by atoms with Gasteiger partial charge in [0.05, 0.1) is 10.5 Å². The van der Waals surface area contributed by atoms with E-state index in [0.717, 1.165) is 4.31 Å². The first-order valence-corrected chi connectivity index (χ1v) is 7.31. The van der Waals surface area contributed by atoms with Crippen LogP contribution in [0.15, 0.2) is 33.6 Å². The first kappa shape index (κ1) is 14.6. The third-order valence-electron chi connectivity index (χ3n) is 2.13. The highest BCUT2D eigenvalue weighted by molar-refractivity contribution is 9.10. The molecule has 4 nitrogen and oxygen atoms in total. The summed E-state index contributed by atoms with van der Waals surface area (Å²) < 4.78 is 26.1. The lowest BCUT2D eigenvalue weighted by atomic mass is 10.1. The molecule has 17 heavy (non-hydrogen) atoms. The zero-order valence-electron chi connectivity index (χ0n) is 10.0. The minimum Gasteiger partial charge on any atom is -0.389 e. The highest BCUT2D eigenvalue weighted by Gasteiger charge is 2.27. The molecule has 0 bridgehead atoms. The van der Waals surface area contributed by atoms with Crippen LogP contribution >= 0.6 is 15.9 Å². The fraction of sp³-hybridized carbons (Fsp3) is 0.455. The molecule has 0 amide bonds. The Kier molecular flexibility index (Phi) is 4.35. The van der Waals surface area contributed by atoms with Crippen molar-refractivity contribution in [3.8, 4) is 0 Å². The van der Waals surface area contributed by atoms with Crippen LogP contribution in [-0.4, -0.2) is 37.0 Å². The lowest BCUT2D eigenvalue weighted by molar-refractivity contribution is 0.0640. The van der Waals surface area contributed by atoms with Gasteiger partial charge in [0.25, 0.3) is 0 Å². The van der Waals surface area contributed by atoms with Gasteiger partial charge < -0.3 is 5.11 Å². The SMILES string of the molecule is CN(CC(C)(C)O)S(=O)(=O)c1ccccc1Br. The molecule has 0 atom stereocenters. The Bertz CT molecular complexity index is 494. The van der Waals surface area contributed by atoms with Crippen LogP contribution in [0.4, 0.5) is 0 Å². The van der Waals surface area contributed by atoms with Crippen LogP contribution in [0.25, 0.3) is 0 Å². The fourth-order valence-electron chi connectivity index (χ4n) is 1.45. The van der Waals surface area contributed by atoms with Crippen LogP contribution in [0.5, 0.6) is 0 Å². The predicted molar refractivity (Wildman–Crippen MR) is 70.3 cm³/mol. The summed E-state index contributed by atoms with van der Waals surface area (Å²) in [5, 5.41) is 9.65. The Morgan fingerprint density at radius 1 is 1.35 bits per heavy atom. The monoisotopic (exact) mass is 321 g/mol. The summed E-state index contributed by atoms with van der Waals surface area (Å²) in [6, 6.07) is 6.61. The third kappa shape index (κ3) is 3.77. The van der Waals surface area contributed by atoms with Crippen LogP contribution in [0.3, 0.4) is 0 Å². The zero-order chi connectivity index (χ0) is 13.3. The minimum atomic E-state index is -3.58. The maximum Gasteiger partial charge on any atom is 0.244 e. The van der Waals surface area contributed by atoms with Crippen molar-refractivity contribution in [3.63, 3.8) is 0 Å². The fourth-order valence-corrected chi connectivity index (χ4v) is 3.74. The quantitative estimate of drug-likeness (QED) is 0.920. The second kappa shape index (κ2) is 5.06. The van der Waals surface area contributed by atoms with Gasteiger partial charge in [0, 0.05) is 18.1 Å². The molecule has 0 heterocycles. The molecule has 1 N–H and O–H groups in total.